The lowest BCUT2D eigenvalue weighted by atomic mass is 10.0. The third-order valence-corrected chi connectivity index (χ3v) is 6.52. The van der Waals surface area contributed by atoms with Gasteiger partial charge in [0.15, 0.2) is 0 Å². The Morgan fingerprint density at radius 1 is 1.03 bits per heavy atom. The number of ether oxygens (including phenoxy) is 2. The zero-order valence-electron chi connectivity index (χ0n) is 20.1. The smallest absolute Gasteiger partial charge is 0.247 e. The molecule has 2 aromatic rings. The van der Waals surface area contributed by atoms with Crippen molar-refractivity contribution >= 4 is 21.8 Å². The van der Waals surface area contributed by atoms with E-state index in [1.54, 1.807) is 62.8 Å². The van der Waals surface area contributed by atoms with Crippen LogP contribution in [0.1, 0.15) is 23.6 Å². The summed E-state index contributed by atoms with van der Waals surface area (Å²) in [4.78, 5) is 28.2. The first-order chi connectivity index (χ1) is 16.2. The van der Waals surface area contributed by atoms with Crippen molar-refractivity contribution in [1.29, 1.82) is 0 Å². The number of carbonyl (C=O) groups excluding carboxylic acids is 2. The van der Waals surface area contributed by atoms with Crippen LogP contribution in [0.15, 0.2) is 54.6 Å². The van der Waals surface area contributed by atoms with E-state index in [2.05, 4.69) is 5.32 Å². The number of nitrogens with one attached hydrogen (secondary N) is 1. The molecule has 0 heterocycles. The maximum absolute atomic E-state index is 13.4. The van der Waals surface area contributed by atoms with Crippen LogP contribution in [-0.4, -0.2) is 76.7 Å². The molecule has 10 heteroatoms. The summed E-state index contributed by atoms with van der Waals surface area (Å²) in [5.41, 5.74) is 1.39. The highest BCUT2D eigenvalue weighted by Gasteiger charge is 2.32. The van der Waals surface area contributed by atoms with Gasteiger partial charge in [-0.15, -0.1) is 0 Å². The highest BCUT2D eigenvalue weighted by Crippen LogP contribution is 2.25. The Hall–Kier alpha value is -2.95. The molecular weight excluding hydrogens is 458 g/mol. The van der Waals surface area contributed by atoms with Gasteiger partial charge in [-0.25, -0.2) is 8.42 Å². The summed E-state index contributed by atoms with van der Waals surface area (Å²) >= 11 is 0. The van der Waals surface area contributed by atoms with Crippen LogP contribution in [0.2, 0.25) is 0 Å². The number of methoxy groups -OCH3 is 2. The molecule has 0 aromatic heterocycles. The Kier molecular flexibility index (Phi) is 10.5. The number of rotatable bonds is 13. The summed E-state index contributed by atoms with van der Waals surface area (Å²) in [6.07, 6.45) is 1.65. The van der Waals surface area contributed by atoms with E-state index in [0.29, 0.717) is 30.9 Å². The molecule has 1 N–H and O–H groups in total. The van der Waals surface area contributed by atoms with Gasteiger partial charge in [0.25, 0.3) is 0 Å². The summed E-state index contributed by atoms with van der Waals surface area (Å²) in [6, 6.07) is 15.1. The fourth-order valence-electron chi connectivity index (χ4n) is 3.28. The molecule has 2 aromatic carbocycles. The Bertz CT molecular complexity index is 1030. The predicted molar refractivity (Wildman–Crippen MR) is 130 cm³/mol. The second kappa shape index (κ2) is 13.1. The average Bonchev–Trinajstić information content (AvgIpc) is 2.82. The van der Waals surface area contributed by atoms with Gasteiger partial charge >= 0.3 is 0 Å². The molecule has 34 heavy (non-hydrogen) atoms. The molecule has 2 rings (SSSR count). The van der Waals surface area contributed by atoms with Crippen molar-refractivity contribution in [2.24, 2.45) is 0 Å². The number of sulfonamides is 1. The molecule has 2 amide bonds. The monoisotopic (exact) mass is 491 g/mol. The van der Waals surface area contributed by atoms with E-state index in [9.17, 15) is 18.0 Å². The maximum Gasteiger partial charge on any atom is 0.247 e. The lowest BCUT2D eigenvalue weighted by molar-refractivity contribution is -0.141. The van der Waals surface area contributed by atoms with Crippen LogP contribution in [0.4, 0.5) is 0 Å². The molecule has 0 aliphatic rings. The van der Waals surface area contributed by atoms with E-state index >= 15 is 0 Å². The third-order valence-electron chi connectivity index (χ3n) is 5.26. The molecule has 0 aliphatic carbocycles. The number of carbonyl (C=O) groups is 2. The van der Waals surface area contributed by atoms with E-state index in [4.69, 9.17) is 9.47 Å². The van der Waals surface area contributed by atoms with Crippen LogP contribution in [-0.2, 0) is 30.9 Å². The van der Waals surface area contributed by atoms with Gasteiger partial charge in [-0.05, 0) is 29.7 Å². The average molecular weight is 492 g/mol. The van der Waals surface area contributed by atoms with Crippen molar-refractivity contribution in [2.45, 2.75) is 19.0 Å². The quantitative estimate of drug-likeness (QED) is 0.429. The Morgan fingerprint density at radius 2 is 1.68 bits per heavy atom. The number of hydrogen-bond acceptors (Lipinski definition) is 6. The molecule has 1 atom stereocenters. The molecule has 0 bridgehead atoms. The fourth-order valence-corrected chi connectivity index (χ4v) is 3.63. The number of hydrogen-bond donors (Lipinski definition) is 1. The van der Waals surface area contributed by atoms with Crippen LogP contribution < -0.4 is 10.1 Å². The highest BCUT2D eigenvalue weighted by molar-refractivity contribution is 7.88. The van der Waals surface area contributed by atoms with Gasteiger partial charge < -0.3 is 19.7 Å². The first kappa shape index (κ1) is 27.3. The minimum Gasteiger partial charge on any atom is -0.497 e. The van der Waals surface area contributed by atoms with Gasteiger partial charge in [-0.1, -0.05) is 42.5 Å². The Labute approximate surface area is 201 Å². The van der Waals surface area contributed by atoms with Crippen molar-refractivity contribution in [3.8, 4) is 5.75 Å². The number of benzene rings is 2. The van der Waals surface area contributed by atoms with Gasteiger partial charge in [-0.3, -0.25) is 9.59 Å². The van der Waals surface area contributed by atoms with Crippen LogP contribution in [0, 0.1) is 0 Å². The van der Waals surface area contributed by atoms with Crippen LogP contribution in [0.25, 0.3) is 0 Å². The molecule has 0 saturated carbocycles. The summed E-state index contributed by atoms with van der Waals surface area (Å²) in [5.74, 6) is -0.190. The minimum atomic E-state index is -3.59. The Morgan fingerprint density at radius 3 is 2.24 bits per heavy atom. The van der Waals surface area contributed by atoms with Crippen LogP contribution >= 0.6 is 0 Å². The number of nitrogens with zero attached hydrogens (tertiary/aromatic N) is 2. The lowest BCUT2D eigenvalue weighted by Gasteiger charge is -2.32. The standard InChI is InChI=1S/C24H33N3O6S/c1-26(34(4,30)31)18-22(28)27(17-19-11-13-21(33-3)14-12-19)23(20-9-6-5-7-10-20)24(29)25-15-8-16-32-2/h5-7,9-14,23H,8,15-18H2,1-4H3,(H,25,29). The van der Waals surface area contributed by atoms with Crippen LogP contribution in [0.5, 0.6) is 5.75 Å². The molecule has 9 nitrogen and oxygen atoms in total. The normalized spacial score (nSPS) is 12.3. The summed E-state index contributed by atoms with van der Waals surface area (Å²) in [7, 11) is 0.891. The van der Waals surface area contributed by atoms with Gasteiger partial charge in [0, 0.05) is 33.9 Å². The molecule has 0 saturated heterocycles. The zero-order chi connectivity index (χ0) is 25.1. The largest absolute Gasteiger partial charge is 0.497 e. The molecule has 0 fully saturated rings. The Balaban J connectivity index is 2.43. The molecule has 0 radical (unpaired) electrons. The minimum absolute atomic E-state index is 0.103. The second-order valence-electron chi connectivity index (χ2n) is 7.84. The van der Waals surface area contributed by atoms with E-state index in [1.165, 1.54) is 11.9 Å². The number of amides is 2. The first-order valence-electron chi connectivity index (χ1n) is 10.8. The maximum atomic E-state index is 13.4. The van der Waals surface area contributed by atoms with Crippen molar-refractivity contribution in [3.63, 3.8) is 0 Å². The number of likely N-dealkylation sites (N-methyl/N-ethyl adjacent to an activating group) is 1. The first-order valence-corrected chi connectivity index (χ1v) is 12.7. The summed E-state index contributed by atoms with van der Waals surface area (Å²) in [5, 5.41) is 2.87. The van der Waals surface area contributed by atoms with Gasteiger partial charge in [0.1, 0.15) is 11.8 Å². The molecule has 0 aliphatic heterocycles. The topological polar surface area (TPSA) is 105 Å². The summed E-state index contributed by atoms with van der Waals surface area (Å²) in [6.45, 7) is 0.578. The van der Waals surface area contributed by atoms with Gasteiger partial charge in [-0.2, -0.15) is 4.31 Å². The third kappa shape index (κ3) is 8.12. The molecule has 0 spiro atoms. The van der Waals surface area contributed by atoms with Crippen molar-refractivity contribution < 1.29 is 27.5 Å². The SMILES string of the molecule is COCCCNC(=O)C(c1ccccc1)N(Cc1ccc(OC)cc1)C(=O)CN(C)S(C)(=O)=O. The van der Waals surface area contributed by atoms with Crippen LogP contribution in [0.3, 0.4) is 0 Å². The lowest BCUT2D eigenvalue weighted by Crippen LogP contribution is -2.47. The van der Waals surface area contributed by atoms with Gasteiger partial charge in [0.2, 0.25) is 21.8 Å². The van der Waals surface area contributed by atoms with E-state index in [-0.39, 0.29) is 12.5 Å². The highest BCUT2D eigenvalue weighted by atomic mass is 32.2. The molecule has 1 unspecified atom stereocenters. The van der Waals surface area contributed by atoms with Crippen molar-refractivity contribution in [3.05, 3.63) is 65.7 Å². The van der Waals surface area contributed by atoms with E-state index < -0.39 is 28.5 Å². The predicted octanol–water partition coefficient (Wildman–Crippen LogP) is 1.81. The van der Waals surface area contributed by atoms with E-state index in [1.807, 2.05) is 6.07 Å². The zero-order valence-corrected chi connectivity index (χ0v) is 20.9. The molecule has 186 valence electrons. The van der Waals surface area contributed by atoms with Crippen molar-refractivity contribution in [2.75, 3.05) is 47.2 Å². The second-order valence-corrected chi connectivity index (χ2v) is 9.93. The van der Waals surface area contributed by atoms with Crippen molar-refractivity contribution in [1.82, 2.24) is 14.5 Å². The van der Waals surface area contributed by atoms with E-state index in [0.717, 1.165) is 16.1 Å². The molecular formula is C24H33N3O6S. The fraction of sp³-hybridized carbons (Fsp3) is 0.417. The van der Waals surface area contributed by atoms with Gasteiger partial charge in [0.05, 0.1) is 19.9 Å². The summed E-state index contributed by atoms with van der Waals surface area (Å²) < 4.78 is 35.1.